The van der Waals surface area contributed by atoms with Crippen molar-refractivity contribution in [2.75, 3.05) is 6.54 Å². The van der Waals surface area contributed by atoms with Crippen molar-refractivity contribution in [3.8, 4) is 0 Å². The van der Waals surface area contributed by atoms with Gasteiger partial charge in [-0.25, -0.2) is 0 Å². The van der Waals surface area contributed by atoms with Crippen LogP contribution in [0.3, 0.4) is 0 Å². The number of benzene rings is 2. The number of hydrogen-bond donors (Lipinski definition) is 1. The minimum Gasteiger partial charge on any atom is -0.330 e. The second kappa shape index (κ2) is 6.73. The molecular formula is C18H18BrNS. The van der Waals surface area contributed by atoms with Gasteiger partial charge in [0.2, 0.25) is 0 Å². The van der Waals surface area contributed by atoms with E-state index < -0.39 is 0 Å². The van der Waals surface area contributed by atoms with Gasteiger partial charge < -0.3 is 5.73 Å². The normalized spacial score (nSPS) is 12.7. The Morgan fingerprint density at radius 1 is 1.00 bits per heavy atom. The summed E-state index contributed by atoms with van der Waals surface area (Å²) < 4.78 is 2.49. The zero-order chi connectivity index (χ0) is 14.7. The van der Waals surface area contributed by atoms with Gasteiger partial charge in [-0.1, -0.05) is 46.3 Å². The summed E-state index contributed by atoms with van der Waals surface area (Å²) >= 11 is 5.31. The molecule has 21 heavy (non-hydrogen) atoms. The quantitative estimate of drug-likeness (QED) is 0.679. The molecule has 0 bridgehead atoms. The Bertz CT molecular complexity index is 717. The number of hydrogen-bond acceptors (Lipinski definition) is 2. The fraction of sp³-hybridized carbons (Fsp3) is 0.222. The SMILES string of the molecule is NCC(Cc1ccc(Br)cc1)Cc1csc2ccccc12. The Morgan fingerprint density at radius 2 is 1.76 bits per heavy atom. The number of halogens is 1. The summed E-state index contributed by atoms with van der Waals surface area (Å²) in [4.78, 5) is 0. The Kier molecular flexibility index (Phi) is 4.73. The molecule has 108 valence electrons. The molecule has 0 aliphatic carbocycles. The van der Waals surface area contributed by atoms with Crippen molar-refractivity contribution in [3.05, 3.63) is 69.5 Å². The summed E-state index contributed by atoms with van der Waals surface area (Å²) in [6, 6.07) is 17.2. The summed E-state index contributed by atoms with van der Waals surface area (Å²) in [7, 11) is 0. The largest absolute Gasteiger partial charge is 0.330 e. The van der Waals surface area contributed by atoms with Crippen molar-refractivity contribution in [1.82, 2.24) is 0 Å². The van der Waals surface area contributed by atoms with E-state index in [-0.39, 0.29) is 0 Å². The summed E-state index contributed by atoms with van der Waals surface area (Å²) in [5.41, 5.74) is 8.79. The molecule has 1 heterocycles. The van der Waals surface area contributed by atoms with Gasteiger partial charge in [0.1, 0.15) is 0 Å². The third-order valence-corrected chi connectivity index (χ3v) is 5.38. The lowest BCUT2D eigenvalue weighted by Gasteiger charge is -2.14. The van der Waals surface area contributed by atoms with Crippen LogP contribution >= 0.6 is 27.3 Å². The molecule has 0 spiro atoms. The summed E-state index contributed by atoms with van der Waals surface area (Å²) in [5.74, 6) is 0.490. The molecule has 3 aromatic rings. The van der Waals surface area contributed by atoms with Gasteiger partial charge in [-0.15, -0.1) is 11.3 Å². The van der Waals surface area contributed by atoms with Gasteiger partial charge in [-0.2, -0.15) is 0 Å². The third kappa shape index (κ3) is 3.54. The van der Waals surface area contributed by atoms with Crippen LogP contribution in [0.25, 0.3) is 10.1 Å². The monoisotopic (exact) mass is 359 g/mol. The molecule has 1 unspecified atom stereocenters. The van der Waals surface area contributed by atoms with E-state index >= 15 is 0 Å². The Labute approximate surface area is 137 Å². The van der Waals surface area contributed by atoms with Crippen LogP contribution in [-0.4, -0.2) is 6.54 Å². The van der Waals surface area contributed by atoms with Crippen LogP contribution in [0.15, 0.2) is 58.4 Å². The molecule has 1 atom stereocenters. The second-order valence-electron chi connectivity index (χ2n) is 5.39. The maximum absolute atomic E-state index is 6.01. The number of thiophene rings is 1. The highest BCUT2D eigenvalue weighted by Gasteiger charge is 2.12. The molecule has 3 rings (SSSR count). The van der Waals surface area contributed by atoms with E-state index in [1.54, 1.807) is 0 Å². The van der Waals surface area contributed by atoms with E-state index in [0.717, 1.165) is 23.9 Å². The highest BCUT2D eigenvalue weighted by atomic mass is 79.9. The lowest BCUT2D eigenvalue weighted by atomic mass is 9.92. The smallest absolute Gasteiger partial charge is 0.0345 e. The Balaban J connectivity index is 1.76. The fourth-order valence-electron chi connectivity index (χ4n) is 2.69. The van der Waals surface area contributed by atoms with E-state index in [1.165, 1.54) is 21.2 Å². The van der Waals surface area contributed by atoms with Crippen LogP contribution in [0.1, 0.15) is 11.1 Å². The number of fused-ring (bicyclic) bond motifs is 1. The van der Waals surface area contributed by atoms with Crippen molar-refractivity contribution in [3.63, 3.8) is 0 Å². The van der Waals surface area contributed by atoms with Gasteiger partial charge in [0.15, 0.2) is 0 Å². The molecule has 0 radical (unpaired) electrons. The van der Waals surface area contributed by atoms with Crippen molar-refractivity contribution in [2.24, 2.45) is 11.7 Å². The molecule has 0 aliphatic rings. The molecule has 3 heteroatoms. The second-order valence-corrected chi connectivity index (χ2v) is 7.22. The number of nitrogens with two attached hydrogens (primary N) is 1. The van der Waals surface area contributed by atoms with E-state index in [9.17, 15) is 0 Å². The van der Waals surface area contributed by atoms with Gasteiger partial charge in [0.05, 0.1) is 0 Å². The Morgan fingerprint density at radius 3 is 2.52 bits per heavy atom. The molecule has 1 aromatic heterocycles. The molecule has 1 nitrogen and oxygen atoms in total. The predicted octanol–water partition coefficient (Wildman–Crippen LogP) is 5.02. The van der Waals surface area contributed by atoms with Gasteiger partial charge in [-0.3, -0.25) is 0 Å². The molecular weight excluding hydrogens is 342 g/mol. The maximum Gasteiger partial charge on any atom is 0.0345 e. The van der Waals surface area contributed by atoms with Crippen molar-refractivity contribution < 1.29 is 0 Å². The van der Waals surface area contributed by atoms with Gasteiger partial charge in [0, 0.05) is 9.17 Å². The number of rotatable bonds is 5. The van der Waals surface area contributed by atoms with E-state index in [0.29, 0.717) is 5.92 Å². The summed E-state index contributed by atoms with van der Waals surface area (Å²) in [5, 5.41) is 3.67. The highest BCUT2D eigenvalue weighted by Crippen LogP contribution is 2.28. The van der Waals surface area contributed by atoms with Crippen LogP contribution in [-0.2, 0) is 12.8 Å². The molecule has 0 amide bonds. The van der Waals surface area contributed by atoms with Crippen LogP contribution < -0.4 is 5.73 Å². The topological polar surface area (TPSA) is 26.0 Å². The van der Waals surface area contributed by atoms with Crippen LogP contribution in [0.5, 0.6) is 0 Å². The van der Waals surface area contributed by atoms with Crippen molar-refractivity contribution in [2.45, 2.75) is 12.8 Å². The zero-order valence-corrected chi connectivity index (χ0v) is 14.2. The molecule has 2 aromatic carbocycles. The summed E-state index contributed by atoms with van der Waals surface area (Å²) in [6.45, 7) is 0.722. The highest BCUT2D eigenvalue weighted by molar-refractivity contribution is 9.10. The van der Waals surface area contributed by atoms with Gasteiger partial charge >= 0.3 is 0 Å². The first-order valence-electron chi connectivity index (χ1n) is 7.16. The first kappa shape index (κ1) is 14.8. The predicted molar refractivity (Wildman–Crippen MR) is 95.9 cm³/mol. The fourth-order valence-corrected chi connectivity index (χ4v) is 3.93. The standard InChI is InChI=1S/C18H18BrNS/c19-16-7-5-13(6-8-16)9-14(11-20)10-15-12-21-18-4-2-1-3-17(15)18/h1-8,12,14H,9-11,20H2. The molecule has 0 fully saturated rings. The van der Waals surface area contributed by atoms with Gasteiger partial charge in [0.25, 0.3) is 0 Å². The lowest BCUT2D eigenvalue weighted by Crippen LogP contribution is -2.19. The Hall–Kier alpha value is -1.16. The summed E-state index contributed by atoms with van der Waals surface area (Å²) in [6.07, 6.45) is 2.09. The zero-order valence-electron chi connectivity index (χ0n) is 11.8. The molecule has 0 saturated heterocycles. The van der Waals surface area contributed by atoms with E-state index in [1.807, 2.05) is 11.3 Å². The molecule has 2 N–H and O–H groups in total. The van der Waals surface area contributed by atoms with Crippen molar-refractivity contribution in [1.29, 1.82) is 0 Å². The lowest BCUT2D eigenvalue weighted by molar-refractivity contribution is 0.535. The van der Waals surface area contributed by atoms with Crippen molar-refractivity contribution >= 4 is 37.4 Å². The van der Waals surface area contributed by atoms with E-state index in [4.69, 9.17) is 5.73 Å². The minimum absolute atomic E-state index is 0.490. The molecule has 0 aliphatic heterocycles. The maximum atomic E-state index is 6.01. The average Bonchev–Trinajstić information content (AvgIpc) is 2.92. The molecule has 0 saturated carbocycles. The third-order valence-electron chi connectivity index (χ3n) is 3.84. The van der Waals surface area contributed by atoms with E-state index in [2.05, 4.69) is 69.8 Å². The van der Waals surface area contributed by atoms with Crippen LogP contribution in [0, 0.1) is 5.92 Å². The average molecular weight is 360 g/mol. The first-order chi connectivity index (χ1) is 10.3. The van der Waals surface area contributed by atoms with Crippen LogP contribution in [0.4, 0.5) is 0 Å². The minimum atomic E-state index is 0.490. The van der Waals surface area contributed by atoms with Crippen LogP contribution in [0.2, 0.25) is 0 Å². The first-order valence-corrected chi connectivity index (χ1v) is 8.83. The van der Waals surface area contributed by atoms with Gasteiger partial charge in [-0.05, 0) is 65.4 Å².